The Hall–Kier alpha value is -0.890. The van der Waals surface area contributed by atoms with Gasteiger partial charge in [-0.1, -0.05) is 21.6 Å². The second kappa shape index (κ2) is 11.9. The molecule has 0 saturated heterocycles. The van der Waals surface area contributed by atoms with Crippen LogP contribution in [0.1, 0.15) is 27.2 Å². The van der Waals surface area contributed by atoms with Crippen molar-refractivity contribution in [3.8, 4) is 0 Å². The second-order valence-electron chi connectivity index (χ2n) is 3.96. The Bertz CT molecular complexity index is 327. The van der Waals surface area contributed by atoms with Crippen molar-refractivity contribution in [1.29, 1.82) is 0 Å². The van der Waals surface area contributed by atoms with E-state index < -0.39 is 6.04 Å². The Kier molecular flexibility index (Phi) is 11.4. The molecular formula is C12H23N3O3S2. The fourth-order valence-corrected chi connectivity index (χ4v) is 3.47. The van der Waals surface area contributed by atoms with Crippen LogP contribution >= 0.6 is 21.6 Å². The SMILES string of the molecule is CCNC(=O)CCSSC[C@H](NC(C)=O)C(=O)NCC. The van der Waals surface area contributed by atoms with Crippen molar-refractivity contribution in [2.75, 3.05) is 24.6 Å². The fraction of sp³-hybridized carbons (Fsp3) is 0.750. The predicted octanol–water partition coefficient (Wildman–Crippen LogP) is 0.535. The summed E-state index contributed by atoms with van der Waals surface area (Å²) in [6.45, 7) is 6.27. The average molecular weight is 321 g/mol. The molecule has 0 aromatic rings. The van der Waals surface area contributed by atoms with Crippen molar-refractivity contribution in [2.24, 2.45) is 0 Å². The van der Waals surface area contributed by atoms with E-state index >= 15 is 0 Å². The number of carbonyl (C=O) groups excluding carboxylic acids is 3. The summed E-state index contributed by atoms with van der Waals surface area (Å²) in [4.78, 5) is 34.0. The van der Waals surface area contributed by atoms with Gasteiger partial charge in [-0.15, -0.1) is 0 Å². The van der Waals surface area contributed by atoms with E-state index in [-0.39, 0.29) is 17.7 Å². The van der Waals surface area contributed by atoms with Gasteiger partial charge in [-0.25, -0.2) is 0 Å². The number of rotatable bonds is 10. The largest absolute Gasteiger partial charge is 0.356 e. The molecule has 0 spiro atoms. The minimum Gasteiger partial charge on any atom is -0.356 e. The van der Waals surface area contributed by atoms with E-state index in [0.29, 0.717) is 31.0 Å². The topological polar surface area (TPSA) is 87.3 Å². The van der Waals surface area contributed by atoms with E-state index in [1.165, 1.54) is 28.5 Å². The van der Waals surface area contributed by atoms with Gasteiger partial charge >= 0.3 is 0 Å². The summed E-state index contributed by atoms with van der Waals surface area (Å²) in [5.41, 5.74) is 0. The summed E-state index contributed by atoms with van der Waals surface area (Å²) < 4.78 is 0. The zero-order valence-electron chi connectivity index (χ0n) is 12.2. The lowest BCUT2D eigenvalue weighted by molar-refractivity contribution is -0.127. The lowest BCUT2D eigenvalue weighted by Gasteiger charge is -2.16. The van der Waals surface area contributed by atoms with Crippen molar-refractivity contribution >= 4 is 39.3 Å². The molecular weight excluding hydrogens is 298 g/mol. The van der Waals surface area contributed by atoms with Crippen molar-refractivity contribution in [1.82, 2.24) is 16.0 Å². The normalized spacial score (nSPS) is 11.6. The van der Waals surface area contributed by atoms with Crippen LogP contribution in [0, 0.1) is 0 Å². The fourth-order valence-electron chi connectivity index (χ4n) is 1.32. The highest BCUT2D eigenvalue weighted by molar-refractivity contribution is 8.76. The molecule has 0 fully saturated rings. The van der Waals surface area contributed by atoms with Crippen LogP contribution in [0.15, 0.2) is 0 Å². The summed E-state index contributed by atoms with van der Waals surface area (Å²) in [6, 6.07) is -0.533. The molecule has 0 bridgehead atoms. The van der Waals surface area contributed by atoms with Gasteiger partial charge in [-0.2, -0.15) is 0 Å². The van der Waals surface area contributed by atoms with Crippen LogP contribution in [0.2, 0.25) is 0 Å². The average Bonchev–Trinajstić information content (AvgIpc) is 2.37. The lowest BCUT2D eigenvalue weighted by Crippen LogP contribution is -2.47. The zero-order valence-corrected chi connectivity index (χ0v) is 13.8. The molecule has 0 rings (SSSR count). The van der Waals surface area contributed by atoms with Crippen LogP contribution in [-0.2, 0) is 14.4 Å². The van der Waals surface area contributed by atoms with E-state index in [4.69, 9.17) is 0 Å². The van der Waals surface area contributed by atoms with Crippen LogP contribution in [-0.4, -0.2) is 48.4 Å². The van der Waals surface area contributed by atoms with Gasteiger partial charge in [0.05, 0.1) is 0 Å². The monoisotopic (exact) mass is 321 g/mol. The number of nitrogens with one attached hydrogen (secondary N) is 3. The first-order valence-electron chi connectivity index (χ1n) is 6.57. The van der Waals surface area contributed by atoms with Gasteiger partial charge in [0.25, 0.3) is 0 Å². The van der Waals surface area contributed by atoms with Crippen LogP contribution in [0.25, 0.3) is 0 Å². The van der Waals surface area contributed by atoms with Gasteiger partial charge in [0, 0.05) is 37.9 Å². The van der Waals surface area contributed by atoms with Crippen LogP contribution in [0.5, 0.6) is 0 Å². The van der Waals surface area contributed by atoms with Crippen molar-refractivity contribution in [2.45, 2.75) is 33.2 Å². The van der Waals surface area contributed by atoms with Crippen LogP contribution in [0.4, 0.5) is 0 Å². The summed E-state index contributed by atoms with van der Waals surface area (Å²) in [6.07, 6.45) is 0.456. The summed E-state index contributed by atoms with van der Waals surface area (Å²) in [5, 5.41) is 8.03. The molecule has 0 aromatic carbocycles. The third kappa shape index (κ3) is 9.96. The third-order valence-corrected chi connectivity index (χ3v) is 4.56. The number of hydrogen-bond donors (Lipinski definition) is 3. The molecule has 1 atom stereocenters. The molecule has 3 N–H and O–H groups in total. The van der Waals surface area contributed by atoms with Gasteiger partial charge in [-0.05, 0) is 13.8 Å². The highest BCUT2D eigenvalue weighted by Gasteiger charge is 2.18. The van der Waals surface area contributed by atoms with E-state index in [1.54, 1.807) is 0 Å². The lowest BCUT2D eigenvalue weighted by atomic mass is 10.3. The maximum absolute atomic E-state index is 11.7. The minimum absolute atomic E-state index is 0.0303. The van der Waals surface area contributed by atoms with Gasteiger partial charge in [-0.3, -0.25) is 14.4 Å². The molecule has 0 aliphatic heterocycles. The molecule has 8 heteroatoms. The smallest absolute Gasteiger partial charge is 0.243 e. The Morgan fingerprint density at radius 1 is 1.05 bits per heavy atom. The standard InChI is InChI=1S/C12H23N3O3S2/c1-4-13-11(17)6-7-19-20-8-10(15-9(3)16)12(18)14-5-2/h10H,4-8H2,1-3H3,(H,13,17)(H,14,18)(H,15,16)/t10-/m0/s1. The maximum atomic E-state index is 11.7. The van der Waals surface area contributed by atoms with Crippen molar-refractivity contribution in [3.05, 3.63) is 0 Å². The van der Waals surface area contributed by atoms with Gasteiger partial charge < -0.3 is 16.0 Å². The van der Waals surface area contributed by atoms with Gasteiger partial charge in [0.15, 0.2) is 0 Å². The quantitative estimate of drug-likeness (QED) is 0.404. The van der Waals surface area contributed by atoms with E-state index in [0.717, 1.165) is 0 Å². The summed E-state index contributed by atoms with van der Waals surface area (Å²) in [5.74, 6) is 0.779. The van der Waals surface area contributed by atoms with Crippen LogP contribution < -0.4 is 16.0 Å². The number of amides is 3. The molecule has 0 unspecified atom stereocenters. The predicted molar refractivity (Wildman–Crippen MR) is 84.5 cm³/mol. The Balaban J connectivity index is 3.92. The molecule has 0 saturated carbocycles. The molecule has 6 nitrogen and oxygen atoms in total. The molecule has 3 amide bonds. The van der Waals surface area contributed by atoms with E-state index in [1.807, 2.05) is 13.8 Å². The van der Waals surface area contributed by atoms with Crippen molar-refractivity contribution < 1.29 is 14.4 Å². The molecule has 20 heavy (non-hydrogen) atoms. The number of carbonyl (C=O) groups is 3. The first kappa shape index (κ1) is 19.1. The van der Waals surface area contributed by atoms with Gasteiger partial charge in [0.1, 0.15) is 6.04 Å². The van der Waals surface area contributed by atoms with Gasteiger partial charge in [0.2, 0.25) is 17.7 Å². The zero-order chi connectivity index (χ0) is 15.4. The van der Waals surface area contributed by atoms with E-state index in [2.05, 4.69) is 16.0 Å². The molecule has 0 aromatic heterocycles. The first-order valence-corrected chi connectivity index (χ1v) is 9.05. The Morgan fingerprint density at radius 3 is 2.25 bits per heavy atom. The Labute approximate surface area is 128 Å². The number of hydrogen-bond acceptors (Lipinski definition) is 5. The second-order valence-corrected chi connectivity index (χ2v) is 6.58. The minimum atomic E-state index is -0.533. The maximum Gasteiger partial charge on any atom is 0.243 e. The van der Waals surface area contributed by atoms with E-state index in [9.17, 15) is 14.4 Å². The number of likely N-dealkylation sites (N-methyl/N-ethyl adjacent to an activating group) is 1. The molecule has 0 radical (unpaired) electrons. The summed E-state index contributed by atoms with van der Waals surface area (Å²) in [7, 11) is 3.00. The van der Waals surface area contributed by atoms with Crippen LogP contribution in [0.3, 0.4) is 0 Å². The highest BCUT2D eigenvalue weighted by atomic mass is 33.1. The molecule has 116 valence electrons. The van der Waals surface area contributed by atoms with Crippen molar-refractivity contribution in [3.63, 3.8) is 0 Å². The first-order chi connectivity index (χ1) is 9.51. The summed E-state index contributed by atoms with van der Waals surface area (Å²) >= 11 is 0. The molecule has 0 aliphatic carbocycles. The Morgan fingerprint density at radius 2 is 1.70 bits per heavy atom. The molecule has 0 aliphatic rings. The third-order valence-electron chi connectivity index (χ3n) is 2.15. The molecule has 0 heterocycles. The highest BCUT2D eigenvalue weighted by Crippen LogP contribution is 2.22.